The molecule has 8 aromatic rings. The third-order valence-corrected chi connectivity index (χ3v) is 8.16. The summed E-state index contributed by atoms with van der Waals surface area (Å²) in [6, 6.07) is 43.8. The van der Waals surface area contributed by atoms with E-state index in [9.17, 15) is 15.8 Å². The average molecular weight is 562 g/mol. The van der Waals surface area contributed by atoms with Gasteiger partial charge >= 0.3 is 0 Å². The van der Waals surface area contributed by atoms with Crippen LogP contribution in [0.25, 0.3) is 77.3 Å². The number of furan rings is 2. The number of benzene rings is 6. The van der Waals surface area contributed by atoms with Crippen LogP contribution >= 0.6 is 0 Å². The van der Waals surface area contributed by atoms with E-state index in [0.29, 0.717) is 16.7 Å². The molecular formula is C39H19N3O2. The summed E-state index contributed by atoms with van der Waals surface area (Å²) in [6.07, 6.45) is 0. The van der Waals surface area contributed by atoms with Crippen LogP contribution in [-0.4, -0.2) is 0 Å². The van der Waals surface area contributed by atoms with Gasteiger partial charge in [0.2, 0.25) is 0 Å². The number of hydrogen-bond donors (Lipinski definition) is 0. The first-order chi connectivity index (χ1) is 21.6. The molecule has 2 heterocycles. The fourth-order valence-corrected chi connectivity index (χ4v) is 6.00. The monoisotopic (exact) mass is 561 g/mol. The molecule has 0 unspecified atom stereocenters. The van der Waals surface area contributed by atoms with Crippen LogP contribution in [0, 0.1) is 34.0 Å². The molecule has 44 heavy (non-hydrogen) atoms. The van der Waals surface area contributed by atoms with E-state index in [-0.39, 0.29) is 0 Å². The molecule has 0 aliphatic heterocycles. The van der Waals surface area contributed by atoms with Crippen molar-refractivity contribution in [2.24, 2.45) is 0 Å². The Morgan fingerprint density at radius 1 is 0.386 bits per heavy atom. The van der Waals surface area contributed by atoms with Gasteiger partial charge in [-0.3, -0.25) is 0 Å². The molecule has 0 amide bonds. The highest BCUT2D eigenvalue weighted by molar-refractivity contribution is 6.07. The summed E-state index contributed by atoms with van der Waals surface area (Å²) < 4.78 is 12.4. The van der Waals surface area contributed by atoms with E-state index >= 15 is 0 Å². The molecule has 0 aliphatic carbocycles. The third-order valence-electron chi connectivity index (χ3n) is 8.16. The van der Waals surface area contributed by atoms with Crippen LogP contribution in [-0.2, 0) is 0 Å². The topological polar surface area (TPSA) is 97.7 Å². The lowest BCUT2D eigenvalue weighted by Gasteiger charge is -2.12. The minimum atomic E-state index is 0.588. The van der Waals surface area contributed by atoms with E-state index < -0.39 is 0 Å². The highest BCUT2D eigenvalue weighted by Crippen LogP contribution is 2.39. The molecule has 0 radical (unpaired) electrons. The Balaban J connectivity index is 1.33. The summed E-state index contributed by atoms with van der Waals surface area (Å²) in [5.41, 5.74) is 10.3. The summed E-state index contributed by atoms with van der Waals surface area (Å²) in [4.78, 5) is 0. The van der Waals surface area contributed by atoms with Gasteiger partial charge in [0.25, 0.3) is 0 Å². The molecule has 2 aromatic heterocycles. The number of nitrogens with zero attached hydrogens (tertiary/aromatic N) is 3. The standard InChI is InChI=1S/C39H19N3O2/c40-20-23-5-11-36-34(13-23)32-9-7-25(18-38(32)43-36)28-15-29(17-30(16-28)31-4-2-1-3-27(31)22-42)26-8-10-33-35-14-24(21-41)6-12-37(35)44-39(33)19-26/h1-19H. The molecule has 5 nitrogen and oxygen atoms in total. The Morgan fingerprint density at radius 2 is 0.909 bits per heavy atom. The number of rotatable bonds is 3. The van der Waals surface area contributed by atoms with E-state index in [2.05, 4.69) is 48.5 Å². The maximum Gasteiger partial charge on any atom is 0.136 e. The van der Waals surface area contributed by atoms with Crippen LogP contribution in [0.15, 0.2) is 124 Å². The second kappa shape index (κ2) is 9.74. The van der Waals surface area contributed by atoms with Gasteiger partial charge in [0.15, 0.2) is 0 Å². The summed E-state index contributed by atoms with van der Waals surface area (Å²) in [6.45, 7) is 0. The maximum atomic E-state index is 9.89. The second-order valence-electron chi connectivity index (χ2n) is 10.7. The van der Waals surface area contributed by atoms with Crippen molar-refractivity contribution in [3.8, 4) is 51.6 Å². The molecule has 0 aliphatic rings. The van der Waals surface area contributed by atoms with Crippen LogP contribution in [0.3, 0.4) is 0 Å². The van der Waals surface area contributed by atoms with Crippen molar-refractivity contribution in [2.75, 3.05) is 0 Å². The van der Waals surface area contributed by atoms with Crippen LogP contribution in [0.1, 0.15) is 16.7 Å². The van der Waals surface area contributed by atoms with E-state index in [4.69, 9.17) is 8.83 Å². The zero-order valence-corrected chi connectivity index (χ0v) is 23.1. The SMILES string of the molecule is N#Cc1ccc2oc3cc(-c4cc(-c5ccc6c(c5)oc5ccc(C#N)cc56)cc(-c5ccccc5C#N)c4)ccc3c2c1. The quantitative estimate of drug-likeness (QED) is 0.214. The molecule has 0 N–H and O–H groups in total. The number of fused-ring (bicyclic) bond motifs is 6. The molecule has 0 spiro atoms. The van der Waals surface area contributed by atoms with Gasteiger partial charge in [0.1, 0.15) is 22.3 Å². The molecule has 0 atom stereocenters. The largest absolute Gasteiger partial charge is 0.456 e. The summed E-state index contributed by atoms with van der Waals surface area (Å²) in [7, 11) is 0. The first kappa shape index (κ1) is 25.1. The molecule has 0 bridgehead atoms. The number of nitriles is 3. The molecule has 0 saturated heterocycles. The predicted molar refractivity (Wildman–Crippen MR) is 171 cm³/mol. The molecule has 5 heteroatoms. The molecule has 202 valence electrons. The second-order valence-corrected chi connectivity index (χ2v) is 10.7. The van der Waals surface area contributed by atoms with Gasteiger partial charge in [0, 0.05) is 21.5 Å². The number of hydrogen-bond acceptors (Lipinski definition) is 5. The Bertz CT molecular complexity index is 2450. The Kier molecular flexibility index (Phi) is 5.56. The maximum absolute atomic E-state index is 9.89. The van der Waals surface area contributed by atoms with Crippen molar-refractivity contribution in [1.29, 1.82) is 15.8 Å². The van der Waals surface area contributed by atoms with Crippen molar-refractivity contribution in [3.05, 3.63) is 132 Å². The van der Waals surface area contributed by atoms with E-state index in [1.165, 1.54) is 0 Å². The predicted octanol–water partition coefficient (Wildman–Crippen LogP) is 10.1. The van der Waals surface area contributed by atoms with Crippen LogP contribution in [0.2, 0.25) is 0 Å². The molecule has 6 aromatic carbocycles. The first-order valence-electron chi connectivity index (χ1n) is 14.0. The van der Waals surface area contributed by atoms with E-state index in [1.54, 1.807) is 12.1 Å². The summed E-state index contributed by atoms with van der Waals surface area (Å²) in [5, 5.41) is 32.3. The summed E-state index contributed by atoms with van der Waals surface area (Å²) >= 11 is 0. The van der Waals surface area contributed by atoms with E-state index in [1.807, 2.05) is 72.8 Å². The lowest BCUT2D eigenvalue weighted by atomic mass is 9.91. The first-order valence-corrected chi connectivity index (χ1v) is 14.0. The van der Waals surface area contributed by atoms with Crippen LogP contribution < -0.4 is 0 Å². The summed E-state index contributed by atoms with van der Waals surface area (Å²) in [5.74, 6) is 0. The van der Waals surface area contributed by atoms with Gasteiger partial charge in [-0.25, -0.2) is 0 Å². The zero-order valence-electron chi connectivity index (χ0n) is 23.1. The van der Waals surface area contributed by atoms with Gasteiger partial charge in [0.05, 0.1) is 34.9 Å². The van der Waals surface area contributed by atoms with E-state index in [0.717, 1.165) is 77.3 Å². The Labute approximate surface area is 251 Å². The lowest BCUT2D eigenvalue weighted by Crippen LogP contribution is -1.89. The van der Waals surface area contributed by atoms with Gasteiger partial charge in [-0.1, -0.05) is 30.3 Å². The van der Waals surface area contributed by atoms with Crippen molar-refractivity contribution >= 4 is 43.9 Å². The molecule has 0 fully saturated rings. The van der Waals surface area contributed by atoms with Gasteiger partial charge in [-0.2, -0.15) is 15.8 Å². The Morgan fingerprint density at radius 3 is 1.43 bits per heavy atom. The highest BCUT2D eigenvalue weighted by atomic mass is 16.3. The minimum Gasteiger partial charge on any atom is -0.456 e. The Hall–Kier alpha value is -6.61. The lowest BCUT2D eigenvalue weighted by molar-refractivity contribution is 0.668. The fraction of sp³-hybridized carbons (Fsp3) is 0. The minimum absolute atomic E-state index is 0.588. The van der Waals surface area contributed by atoms with Crippen molar-refractivity contribution in [2.45, 2.75) is 0 Å². The molecular weight excluding hydrogens is 542 g/mol. The molecule has 8 rings (SSSR count). The fourth-order valence-electron chi connectivity index (χ4n) is 6.00. The smallest absolute Gasteiger partial charge is 0.136 e. The normalized spacial score (nSPS) is 11.1. The van der Waals surface area contributed by atoms with Gasteiger partial charge in [-0.15, -0.1) is 0 Å². The van der Waals surface area contributed by atoms with Crippen molar-refractivity contribution in [3.63, 3.8) is 0 Å². The van der Waals surface area contributed by atoms with Gasteiger partial charge in [-0.05, 0) is 118 Å². The van der Waals surface area contributed by atoms with Crippen molar-refractivity contribution < 1.29 is 8.83 Å². The van der Waals surface area contributed by atoms with Crippen LogP contribution in [0.4, 0.5) is 0 Å². The van der Waals surface area contributed by atoms with Crippen LogP contribution in [0.5, 0.6) is 0 Å². The van der Waals surface area contributed by atoms with Crippen molar-refractivity contribution in [1.82, 2.24) is 0 Å². The highest BCUT2D eigenvalue weighted by Gasteiger charge is 2.15. The third kappa shape index (κ3) is 3.99. The zero-order chi connectivity index (χ0) is 29.8. The molecule has 0 saturated carbocycles. The average Bonchev–Trinajstić information content (AvgIpc) is 3.64. The van der Waals surface area contributed by atoms with Gasteiger partial charge < -0.3 is 8.83 Å².